The molecule has 0 bridgehead atoms. The molecule has 0 atom stereocenters. The third-order valence-corrected chi connectivity index (χ3v) is 1.48. The molecule has 6 nitrogen and oxygen atoms in total. The fourth-order valence-electron chi connectivity index (χ4n) is 0.845. The number of rotatable bonds is 6. The van der Waals surface area contributed by atoms with Crippen LogP contribution in [0.1, 0.15) is 6.42 Å². The van der Waals surface area contributed by atoms with Crippen LogP contribution in [0, 0.1) is 0 Å². The summed E-state index contributed by atoms with van der Waals surface area (Å²) in [5, 5.41) is 19.6. The van der Waals surface area contributed by atoms with Gasteiger partial charge in [0.1, 0.15) is 5.57 Å². The third-order valence-electron chi connectivity index (χ3n) is 1.48. The molecule has 0 radical (unpaired) electrons. The van der Waals surface area contributed by atoms with Crippen LogP contribution in [0.5, 0.6) is 0 Å². The van der Waals surface area contributed by atoms with E-state index in [2.05, 4.69) is 5.32 Å². The van der Waals surface area contributed by atoms with Crippen molar-refractivity contribution in [3.63, 3.8) is 0 Å². The van der Waals surface area contributed by atoms with Crippen LogP contribution in [0.3, 0.4) is 0 Å². The summed E-state index contributed by atoms with van der Waals surface area (Å²) in [4.78, 5) is 23.5. The van der Waals surface area contributed by atoms with Gasteiger partial charge in [0.15, 0.2) is 0 Å². The van der Waals surface area contributed by atoms with Gasteiger partial charge in [-0.3, -0.25) is 4.79 Å². The van der Waals surface area contributed by atoms with Crippen molar-refractivity contribution in [2.45, 2.75) is 6.42 Å². The fraction of sp³-hybridized carbons (Fsp3) is 0.556. The number of aliphatic hydroxyl groups is 1. The highest BCUT2D eigenvalue weighted by molar-refractivity contribution is 6.15. The predicted molar refractivity (Wildman–Crippen MR) is 54.1 cm³/mol. The first-order valence-corrected chi connectivity index (χ1v) is 4.49. The second-order valence-corrected chi connectivity index (χ2v) is 3.14. The monoisotopic (exact) mass is 216 g/mol. The molecule has 0 spiro atoms. The van der Waals surface area contributed by atoms with E-state index in [0.29, 0.717) is 6.42 Å². The van der Waals surface area contributed by atoms with Gasteiger partial charge in [0.2, 0.25) is 0 Å². The number of carboxylic acids is 1. The Balaban J connectivity index is 4.38. The molecule has 0 heterocycles. The molecular weight excluding hydrogens is 200 g/mol. The van der Waals surface area contributed by atoms with Crippen molar-refractivity contribution < 1.29 is 19.8 Å². The zero-order chi connectivity index (χ0) is 11.8. The van der Waals surface area contributed by atoms with E-state index in [1.54, 1.807) is 14.1 Å². The normalized spacial score (nSPS) is 11.0. The number of hydrogen-bond acceptors (Lipinski definition) is 4. The molecule has 0 saturated carbocycles. The molecule has 1 amide bonds. The summed E-state index contributed by atoms with van der Waals surface area (Å²) in [6, 6.07) is 0. The van der Waals surface area contributed by atoms with E-state index in [-0.39, 0.29) is 18.7 Å². The van der Waals surface area contributed by atoms with Crippen molar-refractivity contribution in [1.29, 1.82) is 0 Å². The van der Waals surface area contributed by atoms with Gasteiger partial charge in [-0.05, 0) is 6.42 Å². The molecule has 3 N–H and O–H groups in total. The van der Waals surface area contributed by atoms with Gasteiger partial charge in [-0.15, -0.1) is 0 Å². The second kappa shape index (κ2) is 6.83. The number of hydrogen-bond donors (Lipinski definition) is 3. The molecule has 0 aromatic rings. The molecule has 0 aliphatic heterocycles. The van der Waals surface area contributed by atoms with Gasteiger partial charge in [0, 0.05) is 33.4 Å². The molecule has 0 fully saturated rings. The number of nitrogens with one attached hydrogen (secondary N) is 1. The maximum Gasteiger partial charge on any atom is 0.342 e. The molecule has 0 unspecified atom stereocenters. The number of amides is 1. The predicted octanol–water partition coefficient (Wildman–Crippen LogP) is -0.985. The van der Waals surface area contributed by atoms with Crippen molar-refractivity contribution >= 4 is 11.9 Å². The smallest absolute Gasteiger partial charge is 0.342 e. The summed E-state index contributed by atoms with van der Waals surface area (Å²) in [5.41, 5.74) is -0.321. The van der Waals surface area contributed by atoms with Crippen LogP contribution in [0.25, 0.3) is 0 Å². The minimum Gasteiger partial charge on any atom is -0.477 e. The van der Waals surface area contributed by atoms with E-state index in [0.717, 1.165) is 0 Å². The summed E-state index contributed by atoms with van der Waals surface area (Å²) < 4.78 is 0. The topological polar surface area (TPSA) is 89.9 Å². The van der Waals surface area contributed by atoms with Gasteiger partial charge < -0.3 is 20.4 Å². The number of nitrogens with zero attached hydrogens (tertiary/aromatic N) is 1. The van der Waals surface area contributed by atoms with Crippen molar-refractivity contribution in [3.05, 3.63) is 11.8 Å². The lowest BCUT2D eigenvalue weighted by Gasteiger charge is -2.08. The molecule has 0 aromatic heterocycles. The molecule has 0 aromatic carbocycles. The molecule has 0 aliphatic rings. The first-order valence-electron chi connectivity index (χ1n) is 4.49. The van der Waals surface area contributed by atoms with Gasteiger partial charge in [0.05, 0.1) is 0 Å². The quantitative estimate of drug-likeness (QED) is 0.230. The van der Waals surface area contributed by atoms with Crippen LogP contribution in [0.15, 0.2) is 11.8 Å². The summed E-state index contributed by atoms with van der Waals surface area (Å²) in [6.45, 7) is 0.216. The molecule has 6 heteroatoms. The molecular formula is C9H16N2O4. The van der Waals surface area contributed by atoms with Crippen LogP contribution >= 0.6 is 0 Å². The Morgan fingerprint density at radius 2 is 2.00 bits per heavy atom. The van der Waals surface area contributed by atoms with Gasteiger partial charge in [-0.1, -0.05) is 0 Å². The molecule has 0 aliphatic carbocycles. The van der Waals surface area contributed by atoms with E-state index in [4.69, 9.17) is 10.2 Å². The number of carbonyl (C=O) groups is 2. The molecule has 0 rings (SSSR count). The Bertz CT molecular complexity index is 261. The first kappa shape index (κ1) is 13.4. The second-order valence-electron chi connectivity index (χ2n) is 3.14. The maximum absolute atomic E-state index is 11.3. The lowest BCUT2D eigenvalue weighted by molar-refractivity contribution is -0.135. The van der Waals surface area contributed by atoms with Gasteiger partial charge in [-0.25, -0.2) is 4.79 Å². The van der Waals surface area contributed by atoms with Gasteiger partial charge in [0.25, 0.3) is 5.91 Å². The van der Waals surface area contributed by atoms with Crippen molar-refractivity contribution in [1.82, 2.24) is 10.2 Å². The van der Waals surface area contributed by atoms with Crippen molar-refractivity contribution in [2.24, 2.45) is 0 Å². The Labute approximate surface area is 88.2 Å². The van der Waals surface area contributed by atoms with Crippen LogP contribution in [-0.2, 0) is 9.59 Å². The Hall–Kier alpha value is -1.56. The molecule has 15 heavy (non-hydrogen) atoms. The van der Waals surface area contributed by atoms with Gasteiger partial charge in [-0.2, -0.15) is 0 Å². The minimum absolute atomic E-state index is 0.0416. The minimum atomic E-state index is -1.27. The highest BCUT2D eigenvalue weighted by Crippen LogP contribution is 1.96. The summed E-state index contributed by atoms with van der Waals surface area (Å²) in [5.74, 6) is -1.92. The first-order chi connectivity index (χ1) is 6.99. The summed E-state index contributed by atoms with van der Waals surface area (Å²) in [6.07, 6.45) is 1.64. The number of carbonyl (C=O) groups excluding carboxylic acids is 1. The Morgan fingerprint density at radius 1 is 1.40 bits per heavy atom. The lowest BCUT2D eigenvalue weighted by Crippen LogP contribution is -2.30. The summed E-state index contributed by atoms with van der Waals surface area (Å²) >= 11 is 0. The average Bonchev–Trinajstić information content (AvgIpc) is 2.13. The fourth-order valence-corrected chi connectivity index (χ4v) is 0.845. The average molecular weight is 216 g/mol. The van der Waals surface area contributed by atoms with E-state index in [1.165, 1.54) is 11.1 Å². The molecule has 86 valence electrons. The van der Waals surface area contributed by atoms with Crippen LogP contribution < -0.4 is 5.32 Å². The Morgan fingerprint density at radius 3 is 2.40 bits per heavy atom. The number of carboxylic acid groups (broad SMARTS) is 1. The third kappa shape index (κ3) is 5.69. The van der Waals surface area contributed by atoms with Crippen molar-refractivity contribution in [3.8, 4) is 0 Å². The van der Waals surface area contributed by atoms with Gasteiger partial charge >= 0.3 is 5.97 Å². The highest BCUT2D eigenvalue weighted by Gasteiger charge is 2.16. The maximum atomic E-state index is 11.3. The van der Waals surface area contributed by atoms with E-state index >= 15 is 0 Å². The summed E-state index contributed by atoms with van der Waals surface area (Å²) in [7, 11) is 3.26. The number of aliphatic carboxylic acids is 1. The SMILES string of the molecule is CN(C)C=C(C(=O)O)C(=O)NCCCO. The number of aliphatic hydroxyl groups excluding tert-OH is 1. The van der Waals surface area contributed by atoms with E-state index < -0.39 is 11.9 Å². The van der Waals surface area contributed by atoms with E-state index in [1.807, 2.05) is 0 Å². The Kier molecular flexibility index (Phi) is 6.12. The zero-order valence-electron chi connectivity index (χ0n) is 8.86. The zero-order valence-corrected chi connectivity index (χ0v) is 8.86. The van der Waals surface area contributed by atoms with Crippen LogP contribution in [0.4, 0.5) is 0 Å². The lowest BCUT2D eigenvalue weighted by atomic mass is 10.2. The van der Waals surface area contributed by atoms with Crippen molar-refractivity contribution in [2.75, 3.05) is 27.2 Å². The molecule has 0 saturated heterocycles. The van der Waals surface area contributed by atoms with Crippen LogP contribution in [-0.4, -0.2) is 54.2 Å². The van der Waals surface area contributed by atoms with E-state index in [9.17, 15) is 9.59 Å². The largest absolute Gasteiger partial charge is 0.477 e. The highest BCUT2D eigenvalue weighted by atomic mass is 16.4. The standard InChI is InChI=1S/C9H16N2O4/c1-11(2)6-7(9(14)15)8(13)10-4-3-5-12/h6,12H,3-5H2,1-2H3,(H,10,13)(H,14,15). The van der Waals surface area contributed by atoms with Crippen LogP contribution in [0.2, 0.25) is 0 Å².